The minimum absolute atomic E-state index is 0.00321. The monoisotopic (exact) mass is 407 g/mol. The molecule has 1 unspecified atom stereocenters. The summed E-state index contributed by atoms with van der Waals surface area (Å²) < 4.78 is 11.0. The van der Waals surface area contributed by atoms with E-state index in [-0.39, 0.29) is 11.4 Å². The summed E-state index contributed by atoms with van der Waals surface area (Å²) in [4.78, 5) is 22.8. The second-order valence-corrected chi connectivity index (χ2v) is 6.63. The van der Waals surface area contributed by atoms with E-state index in [4.69, 9.17) is 9.47 Å². The Balaban J connectivity index is 2.39. The van der Waals surface area contributed by atoms with Crippen LogP contribution < -0.4 is 4.74 Å². The van der Waals surface area contributed by atoms with Gasteiger partial charge in [-0.05, 0) is 23.6 Å². The Hall–Kier alpha value is -2.41. The Morgan fingerprint density at radius 1 is 1.12 bits per heavy atom. The molecule has 2 aromatic rings. The van der Waals surface area contributed by atoms with Gasteiger partial charge in [-0.15, -0.1) is 0 Å². The van der Waals surface area contributed by atoms with Crippen molar-refractivity contribution in [3.8, 4) is 5.75 Å². The summed E-state index contributed by atoms with van der Waals surface area (Å²) in [5.74, 6) is -0.287. The predicted octanol–water partition coefficient (Wildman–Crippen LogP) is 4.77. The molecule has 0 bridgehead atoms. The van der Waals surface area contributed by atoms with Gasteiger partial charge in [0.15, 0.2) is 5.75 Å². The van der Waals surface area contributed by atoms with E-state index in [2.05, 4.69) is 29.8 Å². The van der Waals surface area contributed by atoms with E-state index in [9.17, 15) is 14.9 Å². The van der Waals surface area contributed by atoms with Gasteiger partial charge < -0.3 is 9.47 Å². The summed E-state index contributed by atoms with van der Waals surface area (Å²) in [6.45, 7) is 4.13. The molecule has 2 rings (SSSR count). The number of benzene rings is 2. The third kappa shape index (κ3) is 4.57. The molecule has 0 spiro atoms. The Morgan fingerprint density at radius 3 is 2.24 bits per heavy atom. The van der Waals surface area contributed by atoms with E-state index in [1.54, 1.807) is 18.2 Å². The molecule has 6 nitrogen and oxygen atoms in total. The number of carbonyl (C=O) groups excluding carboxylic acids is 1. The Kier molecular flexibility index (Phi) is 6.14. The van der Waals surface area contributed by atoms with Crippen LogP contribution in [0.3, 0.4) is 0 Å². The van der Waals surface area contributed by atoms with Crippen LogP contribution in [-0.2, 0) is 9.53 Å². The zero-order valence-corrected chi connectivity index (χ0v) is 15.6. The zero-order valence-electron chi connectivity index (χ0n) is 14.1. The van der Waals surface area contributed by atoms with Crippen molar-refractivity contribution in [1.29, 1.82) is 0 Å². The average molecular weight is 408 g/mol. The van der Waals surface area contributed by atoms with Crippen molar-refractivity contribution in [2.45, 2.75) is 25.9 Å². The highest BCUT2D eigenvalue weighted by Gasteiger charge is 2.27. The van der Waals surface area contributed by atoms with E-state index >= 15 is 0 Å². The number of hydrogen-bond acceptors (Lipinski definition) is 5. The molecule has 0 saturated carbocycles. The maximum atomic E-state index is 12.2. The number of nitrogens with zero attached hydrogens (tertiary/aromatic N) is 1. The van der Waals surface area contributed by atoms with Gasteiger partial charge in [-0.25, -0.2) is 4.79 Å². The Labute approximate surface area is 154 Å². The van der Waals surface area contributed by atoms with Crippen LogP contribution in [0.4, 0.5) is 5.69 Å². The number of hydrogen-bond donors (Lipinski definition) is 0. The topological polar surface area (TPSA) is 78.7 Å². The smallest absolute Gasteiger partial charge is 0.351 e. The molecule has 0 amide bonds. The van der Waals surface area contributed by atoms with Gasteiger partial charge in [0.2, 0.25) is 6.10 Å². The number of methoxy groups -OCH3 is 1. The van der Waals surface area contributed by atoms with Crippen LogP contribution in [0.5, 0.6) is 5.75 Å². The van der Waals surface area contributed by atoms with Crippen LogP contribution in [-0.4, -0.2) is 18.0 Å². The number of esters is 1. The van der Waals surface area contributed by atoms with Gasteiger partial charge in [-0.1, -0.05) is 54.0 Å². The normalized spacial score (nSPS) is 11.9. The first kappa shape index (κ1) is 18.9. The van der Waals surface area contributed by atoms with Gasteiger partial charge in [0.05, 0.1) is 12.0 Å². The number of nitro benzene ring substituents is 1. The fraction of sp³-hybridized carbons (Fsp3) is 0.278. The van der Waals surface area contributed by atoms with Crippen molar-refractivity contribution in [3.05, 3.63) is 68.2 Å². The van der Waals surface area contributed by atoms with Crippen LogP contribution >= 0.6 is 15.9 Å². The molecular formula is C18H18BrNO5. The molecule has 25 heavy (non-hydrogen) atoms. The van der Waals surface area contributed by atoms with Crippen LogP contribution in [0, 0.1) is 10.1 Å². The molecule has 0 aromatic heterocycles. The van der Waals surface area contributed by atoms with Crippen LogP contribution in [0.15, 0.2) is 46.9 Å². The van der Waals surface area contributed by atoms with E-state index in [1.807, 2.05) is 12.1 Å². The number of nitro groups is 1. The van der Waals surface area contributed by atoms with Gasteiger partial charge in [0.1, 0.15) is 0 Å². The molecule has 0 aliphatic rings. The van der Waals surface area contributed by atoms with Crippen molar-refractivity contribution >= 4 is 27.6 Å². The molecule has 0 aliphatic carbocycles. The highest BCUT2D eigenvalue weighted by atomic mass is 79.9. The standard InChI is InChI=1S/C18H18BrNO5/c1-11(2)12-4-6-13(7-5-12)17(18(21)24-3)25-16-9-8-14(19)10-15(16)20(22)23/h4-11,17H,1-3H3. The fourth-order valence-corrected chi connectivity index (χ4v) is 2.62. The molecule has 1 atom stereocenters. The van der Waals surface area contributed by atoms with E-state index in [0.29, 0.717) is 16.0 Å². The first-order valence-electron chi connectivity index (χ1n) is 7.61. The van der Waals surface area contributed by atoms with Gasteiger partial charge >= 0.3 is 11.7 Å². The van der Waals surface area contributed by atoms with Gasteiger partial charge in [0, 0.05) is 16.1 Å². The summed E-state index contributed by atoms with van der Waals surface area (Å²) in [6, 6.07) is 11.7. The quantitative estimate of drug-likeness (QED) is 0.391. The van der Waals surface area contributed by atoms with Crippen molar-refractivity contribution in [3.63, 3.8) is 0 Å². The van der Waals surface area contributed by atoms with Gasteiger partial charge in [0.25, 0.3) is 0 Å². The lowest BCUT2D eigenvalue weighted by atomic mass is 10.00. The third-order valence-corrected chi connectivity index (χ3v) is 4.18. The maximum absolute atomic E-state index is 12.2. The Morgan fingerprint density at radius 2 is 1.72 bits per heavy atom. The molecule has 0 fully saturated rings. The van der Waals surface area contributed by atoms with Gasteiger partial charge in [-0.3, -0.25) is 10.1 Å². The maximum Gasteiger partial charge on any atom is 0.351 e. The van der Waals surface area contributed by atoms with E-state index in [0.717, 1.165) is 5.56 Å². The average Bonchev–Trinajstić information content (AvgIpc) is 2.60. The van der Waals surface area contributed by atoms with Crippen molar-refractivity contribution in [1.82, 2.24) is 0 Å². The molecule has 0 aliphatic heterocycles. The van der Waals surface area contributed by atoms with Gasteiger partial charge in [-0.2, -0.15) is 0 Å². The molecular weight excluding hydrogens is 390 g/mol. The first-order valence-corrected chi connectivity index (χ1v) is 8.41. The molecule has 0 radical (unpaired) electrons. The van der Waals surface area contributed by atoms with Crippen LogP contribution in [0.25, 0.3) is 0 Å². The number of halogens is 1. The highest BCUT2D eigenvalue weighted by Crippen LogP contribution is 2.34. The second-order valence-electron chi connectivity index (χ2n) is 5.71. The van der Waals surface area contributed by atoms with Crippen LogP contribution in [0.1, 0.15) is 37.0 Å². The summed E-state index contributed by atoms with van der Waals surface area (Å²) in [5, 5.41) is 11.2. The number of rotatable bonds is 6. The minimum atomic E-state index is -1.09. The lowest BCUT2D eigenvalue weighted by Crippen LogP contribution is -2.20. The highest BCUT2D eigenvalue weighted by molar-refractivity contribution is 9.10. The zero-order chi connectivity index (χ0) is 18.6. The fourth-order valence-electron chi connectivity index (χ4n) is 2.27. The SMILES string of the molecule is COC(=O)C(Oc1ccc(Br)cc1[N+](=O)[O-])c1ccc(C(C)C)cc1. The van der Waals surface area contributed by atoms with E-state index < -0.39 is 17.0 Å². The molecule has 0 N–H and O–H groups in total. The predicted molar refractivity (Wildman–Crippen MR) is 96.7 cm³/mol. The lowest BCUT2D eigenvalue weighted by Gasteiger charge is -2.18. The molecule has 0 saturated heterocycles. The largest absolute Gasteiger partial charge is 0.467 e. The molecule has 7 heteroatoms. The number of carbonyl (C=O) groups is 1. The summed E-state index contributed by atoms with van der Waals surface area (Å²) >= 11 is 3.19. The molecule has 2 aromatic carbocycles. The molecule has 0 heterocycles. The summed E-state index contributed by atoms with van der Waals surface area (Å²) in [7, 11) is 1.25. The second kappa shape index (κ2) is 8.11. The summed E-state index contributed by atoms with van der Waals surface area (Å²) in [6.07, 6.45) is -1.09. The van der Waals surface area contributed by atoms with E-state index in [1.165, 1.54) is 19.2 Å². The first-order chi connectivity index (χ1) is 11.8. The summed E-state index contributed by atoms with van der Waals surface area (Å²) in [5.41, 5.74) is 1.44. The minimum Gasteiger partial charge on any atom is -0.467 e. The van der Waals surface area contributed by atoms with Crippen molar-refractivity contribution < 1.29 is 19.2 Å². The van der Waals surface area contributed by atoms with Crippen molar-refractivity contribution in [2.75, 3.05) is 7.11 Å². The number of ether oxygens (including phenoxy) is 2. The molecule has 132 valence electrons. The Bertz CT molecular complexity index is 774. The van der Waals surface area contributed by atoms with Crippen molar-refractivity contribution in [2.24, 2.45) is 0 Å². The third-order valence-electron chi connectivity index (χ3n) is 3.68. The lowest BCUT2D eigenvalue weighted by molar-refractivity contribution is -0.386. The van der Waals surface area contributed by atoms with Crippen LogP contribution in [0.2, 0.25) is 0 Å².